The van der Waals surface area contributed by atoms with Crippen molar-refractivity contribution < 1.29 is 0 Å². The van der Waals surface area contributed by atoms with Gasteiger partial charge in [0.15, 0.2) is 5.57 Å². The number of nitrogens with one attached hydrogen (secondary N) is 1. The molecule has 2 rings (SSSR count). The first-order valence-corrected chi connectivity index (χ1v) is 8.29. The molecule has 1 saturated heterocycles. The van der Waals surface area contributed by atoms with E-state index in [4.69, 9.17) is 10.5 Å². The van der Waals surface area contributed by atoms with Crippen LogP contribution in [0.1, 0.15) is 0 Å². The lowest BCUT2D eigenvalue weighted by Crippen LogP contribution is -2.44. The highest BCUT2D eigenvalue weighted by atomic mass is 32.2. The van der Waals surface area contributed by atoms with Crippen LogP contribution in [0.15, 0.2) is 34.9 Å². The van der Waals surface area contributed by atoms with E-state index in [1.54, 1.807) is 0 Å². The maximum atomic E-state index is 8.99. The third kappa shape index (κ3) is 3.94. The van der Waals surface area contributed by atoms with Crippen LogP contribution in [0.3, 0.4) is 0 Å². The van der Waals surface area contributed by atoms with Crippen LogP contribution >= 0.6 is 11.8 Å². The summed E-state index contributed by atoms with van der Waals surface area (Å²) in [5.74, 6) is 0. The lowest BCUT2D eigenvalue weighted by Gasteiger charge is -2.34. The van der Waals surface area contributed by atoms with Gasteiger partial charge in [-0.25, -0.2) is 0 Å². The fourth-order valence-corrected chi connectivity index (χ4v) is 2.83. The standard InChI is InChI=1S/C16H19N5S/c1-20-6-8-21(9-7-20)15-5-3-4-14(10-15)19-16(22-2)13(11-17)12-18/h3-5,10,19H,6-9H2,1-2H3. The van der Waals surface area contributed by atoms with Gasteiger partial charge >= 0.3 is 0 Å². The summed E-state index contributed by atoms with van der Waals surface area (Å²) >= 11 is 1.37. The van der Waals surface area contributed by atoms with Crippen molar-refractivity contribution in [1.82, 2.24) is 4.90 Å². The number of allylic oxidation sites excluding steroid dienone is 1. The zero-order valence-corrected chi connectivity index (χ0v) is 13.7. The summed E-state index contributed by atoms with van der Waals surface area (Å²) in [7, 11) is 2.14. The SMILES string of the molecule is CSC(Nc1cccc(N2CCN(C)CC2)c1)=C(C#N)C#N. The Balaban J connectivity index is 2.17. The number of anilines is 2. The molecule has 114 valence electrons. The van der Waals surface area contributed by atoms with Crippen LogP contribution < -0.4 is 10.2 Å². The minimum absolute atomic E-state index is 0.109. The van der Waals surface area contributed by atoms with Crippen molar-refractivity contribution in [3.05, 3.63) is 34.9 Å². The number of hydrogen-bond acceptors (Lipinski definition) is 6. The Kier molecular flexibility index (Phi) is 5.71. The van der Waals surface area contributed by atoms with Crippen molar-refractivity contribution in [2.45, 2.75) is 0 Å². The van der Waals surface area contributed by atoms with E-state index in [-0.39, 0.29) is 5.57 Å². The topological polar surface area (TPSA) is 66.1 Å². The van der Waals surface area contributed by atoms with E-state index in [9.17, 15) is 0 Å². The van der Waals surface area contributed by atoms with Crippen LogP contribution in [0, 0.1) is 22.7 Å². The molecule has 5 nitrogen and oxygen atoms in total. The number of rotatable bonds is 4. The summed E-state index contributed by atoms with van der Waals surface area (Å²) < 4.78 is 0. The van der Waals surface area contributed by atoms with Gasteiger partial charge in [-0.05, 0) is 31.5 Å². The maximum absolute atomic E-state index is 8.99. The molecule has 22 heavy (non-hydrogen) atoms. The molecule has 0 spiro atoms. The van der Waals surface area contributed by atoms with E-state index in [2.05, 4.69) is 34.3 Å². The minimum atomic E-state index is 0.109. The Labute approximate surface area is 135 Å². The molecule has 1 aliphatic rings. The molecule has 6 heteroatoms. The smallest absolute Gasteiger partial charge is 0.159 e. The molecule has 0 aliphatic carbocycles. The molecule has 1 aliphatic heterocycles. The third-order valence-corrected chi connectivity index (χ3v) is 4.34. The molecular formula is C16H19N5S. The van der Waals surface area contributed by atoms with Gasteiger partial charge in [-0.2, -0.15) is 10.5 Å². The van der Waals surface area contributed by atoms with E-state index < -0.39 is 0 Å². The zero-order valence-electron chi connectivity index (χ0n) is 12.8. The van der Waals surface area contributed by atoms with Crippen molar-refractivity contribution in [2.75, 3.05) is 49.7 Å². The molecule has 1 heterocycles. The highest BCUT2D eigenvalue weighted by molar-refractivity contribution is 8.02. The maximum Gasteiger partial charge on any atom is 0.159 e. The molecule has 1 fully saturated rings. The third-order valence-electron chi connectivity index (χ3n) is 3.63. The van der Waals surface area contributed by atoms with Crippen LogP contribution in [0.5, 0.6) is 0 Å². The molecule has 1 aromatic carbocycles. The molecule has 0 bridgehead atoms. The lowest BCUT2D eigenvalue weighted by atomic mass is 10.2. The molecule has 0 aromatic heterocycles. The van der Waals surface area contributed by atoms with E-state index in [1.807, 2.05) is 30.5 Å². The summed E-state index contributed by atoms with van der Waals surface area (Å²) in [6.45, 7) is 4.13. The van der Waals surface area contributed by atoms with Gasteiger partial charge in [-0.1, -0.05) is 6.07 Å². The number of nitriles is 2. The van der Waals surface area contributed by atoms with Gasteiger partial charge in [-0.15, -0.1) is 11.8 Å². The Morgan fingerprint density at radius 1 is 1.18 bits per heavy atom. The van der Waals surface area contributed by atoms with Gasteiger partial charge in [0, 0.05) is 37.6 Å². The Hall–Kier alpha value is -2.15. The van der Waals surface area contributed by atoms with E-state index in [0.717, 1.165) is 37.6 Å². The summed E-state index contributed by atoms with van der Waals surface area (Å²) in [6.07, 6.45) is 1.85. The largest absolute Gasteiger partial charge is 0.369 e. The molecule has 0 radical (unpaired) electrons. The second kappa shape index (κ2) is 7.74. The minimum Gasteiger partial charge on any atom is -0.369 e. The number of likely N-dealkylation sites (N-methyl/N-ethyl adjacent to an activating group) is 1. The van der Waals surface area contributed by atoms with Gasteiger partial charge in [0.2, 0.25) is 0 Å². The normalized spacial score (nSPS) is 14.8. The second-order valence-corrected chi connectivity index (χ2v) is 5.91. The highest BCUT2D eigenvalue weighted by Crippen LogP contribution is 2.25. The van der Waals surface area contributed by atoms with E-state index in [0.29, 0.717) is 5.03 Å². The van der Waals surface area contributed by atoms with Gasteiger partial charge < -0.3 is 15.1 Å². The van der Waals surface area contributed by atoms with Crippen LogP contribution in [0.25, 0.3) is 0 Å². The van der Waals surface area contributed by atoms with Crippen molar-refractivity contribution in [2.24, 2.45) is 0 Å². The Bertz CT molecular complexity index is 617. The molecule has 0 atom stereocenters. The highest BCUT2D eigenvalue weighted by Gasteiger charge is 2.14. The molecule has 0 unspecified atom stereocenters. The van der Waals surface area contributed by atoms with E-state index >= 15 is 0 Å². The number of nitrogens with zero attached hydrogens (tertiary/aromatic N) is 4. The lowest BCUT2D eigenvalue weighted by molar-refractivity contribution is 0.313. The van der Waals surface area contributed by atoms with Crippen LogP contribution in [0.4, 0.5) is 11.4 Å². The van der Waals surface area contributed by atoms with Crippen molar-refractivity contribution >= 4 is 23.1 Å². The van der Waals surface area contributed by atoms with Crippen molar-refractivity contribution in [1.29, 1.82) is 10.5 Å². The monoisotopic (exact) mass is 313 g/mol. The fraction of sp³-hybridized carbons (Fsp3) is 0.375. The summed E-state index contributed by atoms with van der Waals surface area (Å²) in [4.78, 5) is 4.67. The average Bonchev–Trinajstić information content (AvgIpc) is 2.56. The Morgan fingerprint density at radius 2 is 1.86 bits per heavy atom. The predicted octanol–water partition coefficient (Wildman–Crippen LogP) is 2.47. The van der Waals surface area contributed by atoms with Gasteiger partial charge in [0.1, 0.15) is 17.2 Å². The number of benzene rings is 1. The van der Waals surface area contributed by atoms with Crippen LogP contribution in [0.2, 0.25) is 0 Å². The van der Waals surface area contributed by atoms with Crippen molar-refractivity contribution in [3.63, 3.8) is 0 Å². The first kappa shape index (κ1) is 16.2. The zero-order chi connectivity index (χ0) is 15.9. The van der Waals surface area contributed by atoms with Gasteiger partial charge in [0.05, 0.1) is 0 Å². The summed E-state index contributed by atoms with van der Waals surface area (Å²) in [5, 5.41) is 21.7. The Morgan fingerprint density at radius 3 is 2.45 bits per heavy atom. The first-order valence-electron chi connectivity index (χ1n) is 7.07. The quantitative estimate of drug-likeness (QED) is 0.862. The predicted molar refractivity (Wildman–Crippen MR) is 91.5 cm³/mol. The van der Waals surface area contributed by atoms with Crippen molar-refractivity contribution in [3.8, 4) is 12.1 Å². The summed E-state index contributed by atoms with van der Waals surface area (Å²) in [5.41, 5.74) is 2.16. The number of thioether (sulfide) groups is 1. The first-order chi connectivity index (χ1) is 10.7. The summed E-state index contributed by atoms with van der Waals surface area (Å²) in [6, 6.07) is 11.9. The number of piperazine rings is 1. The molecule has 0 amide bonds. The van der Waals surface area contributed by atoms with Gasteiger partial charge in [-0.3, -0.25) is 0 Å². The molecular weight excluding hydrogens is 294 g/mol. The second-order valence-electron chi connectivity index (χ2n) is 5.10. The van der Waals surface area contributed by atoms with Crippen LogP contribution in [-0.4, -0.2) is 44.4 Å². The van der Waals surface area contributed by atoms with Gasteiger partial charge in [0.25, 0.3) is 0 Å². The van der Waals surface area contributed by atoms with E-state index in [1.165, 1.54) is 11.8 Å². The molecule has 0 saturated carbocycles. The average molecular weight is 313 g/mol. The number of hydrogen-bond donors (Lipinski definition) is 1. The van der Waals surface area contributed by atoms with Crippen LogP contribution in [-0.2, 0) is 0 Å². The molecule has 1 aromatic rings. The molecule has 1 N–H and O–H groups in total. The fourth-order valence-electron chi connectivity index (χ4n) is 2.32.